The maximum absolute atomic E-state index is 13.4. The summed E-state index contributed by atoms with van der Waals surface area (Å²) < 4.78 is 28.2. The zero-order chi connectivity index (χ0) is 19.8. The van der Waals surface area contributed by atoms with Gasteiger partial charge in [-0.2, -0.15) is 0 Å². The van der Waals surface area contributed by atoms with Crippen molar-refractivity contribution in [3.63, 3.8) is 0 Å². The van der Waals surface area contributed by atoms with Gasteiger partial charge in [-0.05, 0) is 24.3 Å². The lowest BCUT2D eigenvalue weighted by Crippen LogP contribution is -2.50. The third-order valence-electron chi connectivity index (χ3n) is 4.78. The van der Waals surface area contributed by atoms with Gasteiger partial charge in [-0.3, -0.25) is 14.2 Å². The van der Waals surface area contributed by atoms with Gasteiger partial charge in [-0.15, -0.1) is 0 Å². The average Bonchev–Trinajstić information content (AvgIpc) is 2.69. The Labute approximate surface area is 158 Å². The Kier molecular flexibility index (Phi) is 4.50. The van der Waals surface area contributed by atoms with Crippen LogP contribution in [0.25, 0.3) is 11.2 Å². The van der Waals surface area contributed by atoms with Gasteiger partial charge < -0.3 is 9.80 Å². The van der Waals surface area contributed by atoms with Crippen molar-refractivity contribution in [2.45, 2.75) is 0 Å². The lowest BCUT2D eigenvalue weighted by atomic mass is 10.1. The zero-order valence-corrected chi connectivity index (χ0v) is 15.1. The first kappa shape index (κ1) is 18.0. The van der Waals surface area contributed by atoms with Gasteiger partial charge in [0.2, 0.25) is 0 Å². The van der Waals surface area contributed by atoms with Crippen molar-refractivity contribution >= 4 is 22.9 Å². The predicted octanol–water partition coefficient (Wildman–Crippen LogP) is 1.57. The smallest absolute Gasteiger partial charge is 0.294 e. The first-order valence-corrected chi connectivity index (χ1v) is 8.76. The van der Waals surface area contributed by atoms with E-state index in [-0.39, 0.29) is 11.1 Å². The molecule has 0 spiro atoms. The number of hydrogen-bond acceptors (Lipinski definition) is 5. The monoisotopic (exact) mass is 385 g/mol. The highest BCUT2D eigenvalue weighted by atomic mass is 19.1. The van der Waals surface area contributed by atoms with E-state index in [9.17, 15) is 18.4 Å². The molecule has 0 N–H and O–H groups in total. The number of hydrogen-bond donors (Lipinski definition) is 0. The number of carbonyl (C=O) groups excluding carboxylic acids is 1. The number of rotatable bonds is 2. The summed E-state index contributed by atoms with van der Waals surface area (Å²) in [6.45, 7) is 1.40. The highest BCUT2D eigenvalue weighted by Crippen LogP contribution is 2.16. The average molecular weight is 385 g/mol. The van der Waals surface area contributed by atoms with E-state index in [4.69, 9.17) is 0 Å². The van der Waals surface area contributed by atoms with Crippen molar-refractivity contribution in [1.29, 1.82) is 0 Å². The minimum absolute atomic E-state index is 0.0308. The minimum atomic E-state index is -0.792. The van der Waals surface area contributed by atoms with Crippen molar-refractivity contribution in [1.82, 2.24) is 19.4 Å². The van der Waals surface area contributed by atoms with E-state index in [1.165, 1.54) is 9.47 Å². The number of nitrogens with zero attached hydrogens (tertiary/aromatic N) is 5. The molecule has 0 bridgehead atoms. The van der Waals surface area contributed by atoms with E-state index in [0.717, 1.165) is 18.2 Å². The number of carbonyl (C=O) groups is 1. The van der Waals surface area contributed by atoms with Gasteiger partial charge in [0.25, 0.3) is 11.5 Å². The molecule has 3 heterocycles. The second-order valence-corrected chi connectivity index (χ2v) is 6.58. The van der Waals surface area contributed by atoms with Gasteiger partial charge in [0, 0.05) is 51.1 Å². The third-order valence-corrected chi connectivity index (χ3v) is 4.78. The molecule has 0 unspecified atom stereocenters. The molecule has 0 saturated carbocycles. The molecule has 4 rings (SSSR count). The van der Waals surface area contributed by atoms with Gasteiger partial charge in [0.1, 0.15) is 17.2 Å². The van der Waals surface area contributed by atoms with Gasteiger partial charge in [-0.1, -0.05) is 0 Å². The molecule has 1 aromatic carbocycles. The number of piperazine rings is 1. The topological polar surface area (TPSA) is 71.3 Å². The summed E-state index contributed by atoms with van der Waals surface area (Å²) >= 11 is 0. The van der Waals surface area contributed by atoms with Crippen LogP contribution in [0.5, 0.6) is 0 Å². The summed E-state index contributed by atoms with van der Waals surface area (Å²) in [6, 6.07) is 6.30. The highest BCUT2D eigenvalue weighted by Gasteiger charge is 2.25. The van der Waals surface area contributed by atoms with Crippen LogP contribution in [0.3, 0.4) is 0 Å². The number of benzene rings is 1. The SMILES string of the molecule is Cn1c(=O)c(N2CCN(C(=O)c3cc(F)cc(F)c3)CC2)nc2cccnc21. The van der Waals surface area contributed by atoms with E-state index < -0.39 is 17.5 Å². The van der Waals surface area contributed by atoms with E-state index in [1.807, 2.05) is 4.90 Å². The molecule has 1 aliphatic rings. The van der Waals surface area contributed by atoms with Crippen molar-refractivity contribution in [3.05, 3.63) is 64.1 Å². The Balaban J connectivity index is 1.54. The van der Waals surface area contributed by atoms with Crippen LogP contribution >= 0.6 is 0 Å². The zero-order valence-electron chi connectivity index (χ0n) is 15.1. The molecule has 9 heteroatoms. The van der Waals surface area contributed by atoms with E-state index in [2.05, 4.69) is 9.97 Å². The second kappa shape index (κ2) is 6.99. The van der Waals surface area contributed by atoms with Crippen LogP contribution < -0.4 is 10.5 Å². The molecule has 7 nitrogen and oxygen atoms in total. The molecule has 2 aromatic heterocycles. The summed E-state index contributed by atoms with van der Waals surface area (Å²) in [6.07, 6.45) is 1.60. The highest BCUT2D eigenvalue weighted by molar-refractivity contribution is 5.94. The molecule has 3 aromatic rings. The van der Waals surface area contributed by atoms with Gasteiger partial charge in [0.05, 0.1) is 0 Å². The van der Waals surface area contributed by atoms with Crippen LogP contribution in [0.4, 0.5) is 14.6 Å². The number of fused-ring (bicyclic) bond motifs is 1. The fraction of sp³-hybridized carbons (Fsp3) is 0.263. The molecule has 1 aliphatic heterocycles. The van der Waals surface area contributed by atoms with Crippen LogP contribution in [-0.2, 0) is 7.05 Å². The Morgan fingerprint density at radius 1 is 1.07 bits per heavy atom. The first-order valence-electron chi connectivity index (χ1n) is 8.76. The molecule has 1 saturated heterocycles. The number of aryl methyl sites for hydroxylation is 1. The molecular formula is C19H17F2N5O2. The Morgan fingerprint density at radius 3 is 2.43 bits per heavy atom. The molecule has 28 heavy (non-hydrogen) atoms. The molecular weight excluding hydrogens is 368 g/mol. The Hall–Kier alpha value is -3.36. The molecule has 1 amide bonds. The summed E-state index contributed by atoms with van der Waals surface area (Å²) in [5.41, 5.74) is 0.807. The predicted molar refractivity (Wildman–Crippen MR) is 99.3 cm³/mol. The normalized spacial score (nSPS) is 14.5. The van der Waals surface area contributed by atoms with Crippen LogP contribution in [0.2, 0.25) is 0 Å². The quantitative estimate of drug-likeness (QED) is 0.670. The molecule has 0 radical (unpaired) electrons. The van der Waals surface area contributed by atoms with Crippen LogP contribution in [0, 0.1) is 11.6 Å². The standard InChI is InChI=1S/C19H17F2N5O2/c1-24-16-15(3-2-4-22-16)23-17(19(24)28)25-5-7-26(8-6-25)18(27)12-9-13(20)11-14(21)10-12/h2-4,9-11H,5-8H2,1H3. The van der Waals surface area contributed by atoms with E-state index >= 15 is 0 Å². The largest absolute Gasteiger partial charge is 0.348 e. The van der Waals surface area contributed by atoms with E-state index in [1.54, 1.807) is 25.4 Å². The Bertz CT molecular complexity index is 1100. The molecule has 0 aliphatic carbocycles. The first-order chi connectivity index (χ1) is 13.4. The molecule has 0 atom stereocenters. The summed E-state index contributed by atoms with van der Waals surface area (Å²) in [5.74, 6) is -1.73. The maximum Gasteiger partial charge on any atom is 0.294 e. The summed E-state index contributed by atoms with van der Waals surface area (Å²) in [5, 5.41) is 0. The second-order valence-electron chi connectivity index (χ2n) is 6.58. The number of aromatic nitrogens is 3. The van der Waals surface area contributed by atoms with Crippen LogP contribution in [0.1, 0.15) is 10.4 Å². The maximum atomic E-state index is 13.4. The molecule has 144 valence electrons. The number of amides is 1. The number of anilines is 1. The number of pyridine rings is 1. The van der Waals surface area contributed by atoms with Crippen molar-refractivity contribution in [3.8, 4) is 0 Å². The fourth-order valence-corrected chi connectivity index (χ4v) is 3.33. The lowest BCUT2D eigenvalue weighted by Gasteiger charge is -2.35. The minimum Gasteiger partial charge on any atom is -0.348 e. The fourth-order valence-electron chi connectivity index (χ4n) is 3.33. The number of halogens is 2. The molecule has 1 fully saturated rings. The third kappa shape index (κ3) is 3.19. The Morgan fingerprint density at radius 2 is 1.75 bits per heavy atom. The summed E-state index contributed by atoms with van der Waals surface area (Å²) in [4.78, 5) is 37.1. The van der Waals surface area contributed by atoms with Crippen molar-refractivity contribution < 1.29 is 13.6 Å². The van der Waals surface area contributed by atoms with Crippen molar-refractivity contribution in [2.24, 2.45) is 7.05 Å². The van der Waals surface area contributed by atoms with E-state index in [0.29, 0.717) is 43.2 Å². The van der Waals surface area contributed by atoms with Gasteiger partial charge in [0.15, 0.2) is 11.5 Å². The lowest BCUT2D eigenvalue weighted by molar-refractivity contribution is 0.0745. The van der Waals surface area contributed by atoms with Crippen LogP contribution in [0.15, 0.2) is 41.3 Å². The van der Waals surface area contributed by atoms with Crippen molar-refractivity contribution in [2.75, 3.05) is 31.1 Å². The van der Waals surface area contributed by atoms with Crippen LogP contribution in [-0.4, -0.2) is 51.5 Å². The van der Waals surface area contributed by atoms with Gasteiger partial charge in [-0.25, -0.2) is 18.7 Å². The summed E-state index contributed by atoms with van der Waals surface area (Å²) in [7, 11) is 1.64. The van der Waals surface area contributed by atoms with Gasteiger partial charge >= 0.3 is 0 Å².